The molecule has 0 heterocycles. The van der Waals surface area contributed by atoms with Crippen LogP contribution < -0.4 is 3.07 Å². The van der Waals surface area contributed by atoms with E-state index in [1.807, 2.05) is 30.3 Å². The number of rotatable bonds is 3. The van der Waals surface area contributed by atoms with E-state index in [1.165, 1.54) is 9.54 Å². The SMILES string of the molecule is O=[C][O][Hg][c]1ccccc1. The van der Waals surface area contributed by atoms with Crippen molar-refractivity contribution in [2.24, 2.45) is 0 Å². The van der Waals surface area contributed by atoms with Gasteiger partial charge in [-0.25, -0.2) is 0 Å². The Morgan fingerprint density at radius 1 is 1.30 bits per heavy atom. The molecule has 0 unspecified atom stereocenters. The normalized spacial score (nSPS) is 8.00. The second-order valence-corrected chi connectivity index (χ2v) is 7.28. The van der Waals surface area contributed by atoms with Crippen molar-refractivity contribution in [3.63, 3.8) is 0 Å². The summed E-state index contributed by atoms with van der Waals surface area (Å²) in [6.07, 6.45) is 0. The first kappa shape index (κ1) is 7.73. The average Bonchev–Trinajstić information content (AvgIpc) is 2.03. The molecule has 0 aromatic heterocycles. The van der Waals surface area contributed by atoms with Crippen LogP contribution in [0.1, 0.15) is 0 Å². The predicted molar refractivity (Wildman–Crippen MR) is 32.9 cm³/mol. The monoisotopic (exact) mass is 323 g/mol. The Morgan fingerprint density at radius 2 is 2.00 bits per heavy atom. The van der Waals surface area contributed by atoms with Crippen LogP contribution >= 0.6 is 0 Å². The van der Waals surface area contributed by atoms with Gasteiger partial charge in [0.1, 0.15) is 0 Å². The summed E-state index contributed by atoms with van der Waals surface area (Å²) in [6, 6.07) is 9.81. The fourth-order valence-electron chi connectivity index (χ4n) is 0.687. The van der Waals surface area contributed by atoms with E-state index in [0.29, 0.717) is 0 Å². The zero-order valence-electron chi connectivity index (χ0n) is 5.41. The Kier molecular flexibility index (Phi) is 3.43. The van der Waals surface area contributed by atoms with Crippen LogP contribution in [0.3, 0.4) is 0 Å². The third-order valence-electron chi connectivity index (χ3n) is 1.14. The number of carbonyl (C=O) groups excluding carboxylic acids is 1. The van der Waals surface area contributed by atoms with Gasteiger partial charge in [-0.15, -0.1) is 0 Å². The molecule has 3 heteroatoms. The molecule has 1 aromatic carbocycles. The first-order chi connectivity index (χ1) is 4.93. The molecule has 0 saturated carbocycles. The van der Waals surface area contributed by atoms with Crippen molar-refractivity contribution < 1.29 is 32.5 Å². The maximum atomic E-state index is 9.69. The molecule has 0 bridgehead atoms. The molecular weight excluding hydrogens is 317 g/mol. The van der Waals surface area contributed by atoms with Crippen LogP contribution in [0.2, 0.25) is 0 Å². The minimum absolute atomic E-state index is 1.20. The second-order valence-electron chi connectivity index (χ2n) is 1.86. The number of benzene rings is 1. The van der Waals surface area contributed by atoms with Crippen LogP contribution in [-0.2, 0) is 32.5 Å². The Labute approximate surface area is 72.3 Å². The molecule has 0 atom stereocenters. The van der Waals surface area contributed by atoms with Crippen LogP contribution in [-0.4, -0.2) is 6.47 Å². The zero-order chi connectivity index (χ0) is 7.23. The topological polar surface area (TPSA) is 26.3 Å². The first-order valence-corrected chi connectivity index (χ1v) is 7.95. The molecule has 47 valence electrons. The van der Waals surface area contributed by atoms with Gasteiger partial charge >= 0.3 is 72.3 Å². The summed E-state index contributed by atoms with van der Waals surface area (Å²) in [5, 5.41) is 0. The molecule has 1 rings (SSSR count). The molecule has 10 heavy (non-hydrogen) atoms. The van der Waals surface area contributed by atoms with E-state index in [0.717, 1.165) is 0 Å². The molecule has 1 radical (unpaired) electrons. The molecule has 2 nitrogen and oxygen atoms in total. The molecule has 0 aliphatic heterocycles. The second kappa shape index (κ2) is 4.44. The van der Waals surface area contributed by atoms with E-state index in [-0.39, 0.29) is 0 Å². The van der Waals surface area contributed by atoms with Gasteiger partial charge in [-0.05, 0) is 0 Å². The van der Waals surface area contributed by atoms with Crippen molar-refractivity contribution in [1.29, 1.82) is 0 Å². The van der Waals surface area contributed by atoms with Gasteiger partial charge in [-0.1, -0.05) is 0 Å². The molecular formula is C7H5HgO2. The molecule has 0 aliphatic carbocycles. The third-order valence-corrected chi connectivity index (χ3v) is 5.29. The third kappa shape index (κ3) is 2.48. The molecule has 1 aromatic rings. The van der Waals surface area contributed by atoms with Gasteiger partial charge in [0.2, 0.25) is 0 Å². The van der Waals surface area contributed by atoms with Crippen molar-refractivity contribution in [2.75, 3.05) is 0 Å². The van der Waals surface area contributed by atoms with E-state index >= 15 is 0 Å². The van der Waals surface area contributed by atoms with Gasteiger partial charge in [0, 0.05) is 0 Å². The predicted octanol–water partition coefficient (Wildman–Crippen LogP) is 0.393. The molecule has 0 aliphatic rings. The fourth-order valence-corrected chi connectivity index (χ4v) is 3.37. The maximum absolute atomic E-state index is 9.69. The van der Waals surface area contributed by atoms with Crippen LogP contribution in [0.4, 0.5) is 0 Å². The Morgan fingerprint density at radius 3 is 2.60 bits per heavy atom. The van der Waals surface area contributed by atoms with Gasteiger partial charge in [0.25, 0.3) is 0 Å². The summed E-state index contributed by atoms with van der Waals surface area (Å²) in [4.78, 5) is 9.69. The van der Waals surface area contributed by atoms with Crippen molar-refractivity contribution >= 4 is 9.54 Å². The molecule has 0 N–H and O–H groups in total. The van der Waals surface area contributed by atoms with Crippen LogP contribution in [0.15, 0.2) is 30.3 Å². The number of hydrogen-bond acceptors (Lipinski definition) is 2. The van der Waals surface area contributed by atoms with Gasteiger partial charge in [0.15, 0.2) is 0 Å². The average molecular weight is 322 g/mol. The van der Waals surface area contributed by atoms with Crippen LogP contribution in [0, 0.1) is 0 Å². The Balaban J connectivity index is 2.50. The fraction of sp³-hybridized carbons (Fsp3) is 0. The summed E-state index contributed by atoms with van der Waals surface area (Å²) < 4.78 is 5.84. The summed E-state index contributed by atoms with van der Waals surface area (Å²) in [7, 11) is 0. The summed E-state index contributed by atoms with van der Waals surface area (Å²) in [6.45, 7) is 1.46. The van der Waals surface area contributed by atoms with Crippen molar-refractivity contribution in [1.82, 2.24) is 0 Å². The zero-order valence-corrected chi connectivity index (χ0v) is 10.9. The van der Waals surface area contributed by atoms with Gasteiger partial charge < -0.3 is 0 Å². The van der Waals surface area contributed by atoms with Crippen molar-refractivity contribution in [3.8, 4) is 0 Å². The van der Waals surface area contributed by atoms with E-state index in [2.05, 4.69) is 2.64 Å². The first-order valence-electron chi connectivity index (χ1n) is 2.96. The summed E-state index contributed by atoms with van der Waals surface area (Å²) in [5.41, 5.74) is 0. The van der Waals surface area contributed by atoms with Gasteiger partial charge in [0.05, 0.1) is 0 Å². The number of hydrogen-bond donors (Lipinski definition) is 0. The molecule has 0 spiro atoms. The summed E-state index contributed by atoms with van der Waals surface area (Å²) in [5.74, 6) is 0. The van der Waals surface area contributed by atoms with E-state index < -0.39 is 25.0 Å². The van der Waals surface area contributed by atoms with Crippen LogP contribution in [0.5, 0.6) is 0 Å². The quantitative estimate of drug-likeness (QED) is 0.753. The van der Waals surface area contributed by atoms with E-state index in [4.69, 9.17) is 0 Å². The van der Waals surface area contributed by atoms with Crippen LogP contribution in [0.25, 0.3) is 0 Å². The van der Waals surface area contributed by atoms with E-state index in [9.17, 15) is 4.79 Å². The van der Waals surface area contributed by atoms with Gasteiger partial charge in [-0.2, -0.15) is 0 Å². The molecule has 0 amide bonds. The molecule has 0 fully saturated rings. The van der Waals surface area contributed by atoms with Gasteiger partial charge in [-0.3, -0.25) is 0 Å². The Bertz CT molecular complexity index is 198. The Hall–Kier alpha value is -0.375. The minimum atomic E-state index is -1.52. The van der Waals surface area contributed by atoms with Crippen molar-refractivity contribution in [3.05, 3.63) is 30.3 Å². The van der Waals surface area contributed by atoms with Crippen molar-refractivity contribution in [2.45, 2.75) is 0 Å². The standard InChI is InChI=1S/C6H5.CO2.Hg/c1-2-4-6-5-3-1;2-1-3;/h1-5H;;/q;-1;+1. The molecule has 0 saturated heterocycles. The summed E-state index contributed by atoms with van der Waals surface area (Å²) >= 11 is -1.52. The van der Waals surface area contributed by atoms with E-state index in [1.54, 1.807) is 0 Å².